The molecule has 22 heavy (non-hydrogen) atoms. The monoisotopic (exact) mass is 300 g/mol. The maximum Gasteiger partial charge on any atom is 0.147 e. The highest BCUT2D eigenvalue weighted by Crippen LogP contribution is 2.87. The SMILES string of the molecule is NN=C(NN)C1(c2ccc(F)cc2)C2CC3CC4CC1C42C3. The molecule has 2 bridgehead atoms. The highest BCUT2D eigenvalue weighted by Gasteiger charge is 2.84. The van der Waals surface area contributed by atoms with Crippen molar-refractivity contribution < 1.29 is 4.39 Å². The molecule has 4 saturated carbocycles. The van der Waals surface area contributed by atoms with E-state index in [0.717, 1.165) is 17.4 Å². The van der Waals surface area contributed by atoms with Gasteiger partial charge in [-0.2, -0.15) is 5.10 Å². The molecular formula is C17H21FN4. The van der Waals surface area contributed by atoms with Crippen molar-refractivity contribution in [2.75, 3.05) is 0 Å². The number of hydrazone groups is 1. The van der Waals surface area contributed by atoms with E-state index < -0.39 is 0 Å². The zero-order valence-corrected chi connectivity index (χ0v) is 12.4. The van der Waals surface area contributed by atoms with Gasteiger partial charge in [-0.25, -0.2) is 10.2 Å². The van der Waals surface area contributed by atoms with Crippen LogP contribution in [-0.4, -0.2) is 5.84 Å². The smallest absolute Gasteiger partial charge is 0.147 e. The molecule has 1 spiro atoms. The minimum absolute atomic E-state index is 0.209. The second-order valence-corrected chi connectivity index (χ2v) is 7.69. The summed E-state index contributed by atoms with van der Waals surface area (Å²) in [6, 6.07) is 6.86. The van der Waals surface area contributed by atoms with E-state index >= 15 is 0 Å². The van der Waals surface area contributed by atoms with Crippen LogP contribution in [-0.2, 0) is 5.41 Å². The molecule has 116 valence electrons. The van der Waals surface area contributed by atoms with Crippen LogP contribution in [0.3, 0.4) is 0 Å². The second kappa shape index (κ2) is 3.82. The topological polar surface area (TPSA) is 76.4 Å². The third-order valence-corrected chi connectivity index (χ3v) is 7.49. The molecule has 0 aromatic heterocycles. The molecule has 4 nitrogen and oxygen atoms in total. The molecule has 0 radical (unpaired) electrons. The molecule has 5 heteroatoms. The summed E-state index contributed by atoms with van der Waals surface area (Å²) in [5.74, 6) is 14.7. The Bertz CT molecular complexity index is 672. The predicted molar refractivity (Wildman–Crippen MR) is 81.9 cm³/mol. The number of hydrogen-bond acceptors (Lipinski definition) is 3. The standard InChI is InChI=1S/C17H21FN4/c18-12-3-1-10(2-4-12)17(15(21-19)22-20)13-6-9-5-11-7-14(17)16(11,13)8-9/h1-4,9,11,13-14H,5-8,19-20H2,(H,21,22). The van der Waals surface area contributed by atoms with Crippen LogP contribution < -0.4 is 17.1 Å². The van der Waals surface area contributed by atoms with Gasteiger partial charge in [0.25, 0.3) is 0 Å². The van der Waals surface area contributed by atoms with E-state index in [9.17, 15) is 4.39 Å². The molecule has 4 aliphatic rings. The van der Waals surface area contributed by atoms with Gasteiger partial charge < -0.3 is 11.3 Å². The van der Waals surface area contributed by atoms with Gasteiger partial charge in [-0.15, -0.1) is 0 Å². The Morgan fingerprint density at radius 2 is 1.91 bits per heavy atom. The van der Waals surface area contributed by atoms with Crippen LogP contribution in [0.5, 0.6) is 0 Å². The number of fused-ring (bicyclic) bond motifs is 1. The molecule has 5 N–H and O–H groups in total. The minimum Gasteiger partial charge on any atom is -0.322 e. The fraction of sp³-hybridized carbons (Fsp3) is 0.588. The zero-order valence-electron chi connectivity index (χ0n) is 12.4. The molecule has 5 rings (SSSR count). The number of nitrogens with one attached hydrogen (secondary N) is 1. The minimum atomic E-state index is -0.233. The first kappa shape index (κ1) is 12.9. The van der Waals surface area contributed by atoms with E-state index in [1.807, 2.05) is 12.1 Å². The number of hydrogen-bond donors (Lipinski definition) is 3. The lowest BCUT2D eigenvalue weighted by Gasteiger charge is -2.76. The molecule has 4 aliphatic carbocycles. The number of amidine groups is 1. The largest absolute Gasteiger partial charge is 0.322 e. The summed E-state index contributed by atoms with van der Waals surface area (Å²) in [5, 5.41) is 4.00. The van der Waals surface area contributed by atoms with Crippen molar-refractivity contribution in [1.82, 2.24) is 5.43 Å². The Morgan fingerprint density at radius 3 is 2.55 bits per heavy atom. The van der Waals surface area contributed by atoms with Gasteiger partial charge in [0, 0.05) is 0 Å². The number of rotatable bonds is 2. The first-order valence-corrected chi connectivity index (χ1v) is 8.19. The maximum absolute atomic E-state index is 13.4. The third-order valence-electron chi connectivity index (χ3n) is 7.49. The van der Waals surface area contributed by atoms with Gasteiger partial charge in [-0.05, 0) is 72.5 Å². The molecule has 0 heterocycles. The lowest BCUT2D eigenvalue weighted by atomic mass is 9.27. The first-order valence-electron chi connectivity index (χ1n) is 8.19. The number of nitrogens with zero attached hydrogens (tertiary/aromatic N) is 1. The summed E-state index contributed by atoms with van der Waals surface area (Å²) in [5.41, 5.74) is 4.13. The molecule has 4 fully saturated rings. The summed E-state index contributed by atoms with van der Waals surface area (Å²) in [7, 11) is 0. The summed E-state index contributed by atoms with van der Waals surface area (Å²) in [4.78, 5) is 0. The van der Waals surface area contributed by atoms with Crippen LogP contribution in [0.4, 0.5) is 4.39 Å². The van der Waals surface area contributed by atoms with Crippen LogP contribution >= 0.6 is 0 Å². The third kappa shape index (κ3) is 1.09. The Balaban J connectivity index is 1.68. The lowest BCUT2D eigenvalue weighted by Crippen LogP contribution is -2.78. The van der Waals surface area contributed by atoms with Gasteiger partial charge in [-0.1, -0.05) is 12.1 Å². The average molecular weight is 300 g/mol. The van der Waals surface area contributed by atoms with E-state index in [4.69, 9.17) is 11.7 Å². The molecule has 6 unspecified atom stereocenters. The van der Waals surface area contributed by atoms with Crippen molar-refractivity contribution in [3.63, 3.8) is 0 Å². The quantitative estimate of drug-likeness (QED) is 0.338. The highest BCUT2D eigenvalue weighted by molar-refractivity contribution is 5.95. The average Bonchev–Trinajstić information content (AvgIpc) is 3.03. The van der Waals surface area contributed by atoms with Gasteiger partial charge >= 0.3 is 0 Å². The van der Waals surface area contributed by atoms with Crippen molar-refractivity contribution in [2.24, 2.45) is 45.9 Å². The Kier molecular flexibility index (Phi) is 2.24. The number of nitrogens with two attached hydrogens (primary N) is 2. The molecule has 0 amide bonds. The molecular weight excluding hydrogens is 279 g/mol. The van der Waals surface area contributed by atoms with E-state index in [1.165, 1.54) is 37.8 Å². The Hall–Kier alpha value is -1.62. The summed E-state index contributed by atoms with van der Waals surface area (Å²) < 4.78 is 13.4. The van der Waals surface area contributed by atoms with Crippen LogP contribution in [0.2, 0.25) is 0 Å². The van der Waals surface area contributed by atoms with Gasteiger partial charge in [0.2, 0.25) is 0 Å². The molecule has 6 atom stereocenters. The second-order valence-electron chi connectivity index (χ2n) is 7.69. The number of benzene rings is 1. The van der Waals surface area contributed by atoms with Crippen molar-refractivity contribution in [3.8, 4) is 0 Å². The normalized spacial score (nSPS) is 47.6. The van der Waals surface area contributed by atoms with E-state index in [2.05, 4.69) is 10.5 Å². The van der Waals surface area contributed by atoms with Crippen molar-refractivity contribution >= 4 is 5.84 Å². The summed E-state index contributed by atoms with van der Waals surface area (Å²) in [6.45, 7) is 0. The van der Waals surface area contributed by atoms with E-state index in [-0.39, 0.29) is 11.2 Å². The summed E-state index contributed by atoms with van der Waals surface area (Å²) in [6.07, 6.45) is 5.21. The summed E-state index contributed by atoms with van der Waals surface area (Å²) >= 11 is 0. The predicted octanol–water partition coefficient (Wildman–Crippen LogP) is 1.86. The van der Waals surface area contributed by atoms with Gasteiger partial charge in [0.1, 0.15) is 11.7 Å². The Morgan fingerprint density at radius 1 is 1.18 bits per heavy atom. The lowest BCUT2D eigenvalue weighted by molar-refractivity contribution is -0.223. The van der Waals surface area contributed by atoms with Crippen molar-refractivity contribution in [1.29, 1.82) is 0 Å². The number of halogens is 1. The molecule has 0 aliphatic heterocycles. The van der Waals surface area contributed by atoms with E-state index in [1.54, 1.807) is 0 Å². The van der Waals surface area contributed by atoms with Crippen LogP contribution in [0, 0.1) is 34.9 Å². The molecule has 0 saturated heterocycles. The first-order chi connectivity index (χ1) is 10.7. The Labute approximate surface area is 129 Å². The van der Waals surface area contributed by atoms with E-state index in [0.29, 0.717) is 23.1 Å². The van der Waals surface area contributed by atoms with Crippen molar-refractivity contribution in [2.45, 2.75) is 31.1 Å². The fourth-order valence-corrected chi connectivity index (χ4v) is 7.08. The molecule has 1 aromatic rings. The maximum atomic E-state index is 13.4. The van der Waals surface area contributed by atoms with Crippen LogP contribution in [0.15, 0.2) is 29.4 Å². The molecule has 1 aromatic carbocycles. The highest BCUT2D eigenvalue weighted by atomic mass is 19.1. The van der Waals surface area contributed by atoms with Gasteiger partial charge in [0.05, 0.1) is 5.41 Å². The van der Waals surface area contributed by atoms with Gasteiger partial charge in [-0.3, -0.25) is 0 Å². The van der Waals surface area contributed by atoms with Crippen molar-refractivity contribution in [3.05, 3.63) is 35.6 Å². The zero-order chi connectivity index (χ0) is 15.1. The fourth-order valence-electron chi connectivity index (χ4n) is 7.08. The van der Waals surface area contributed by atoms with Crippen LogP contribution in [0.25, 0.3) is 0 Å². The van der Waals surface area contributed by atoms with Crippen LogP contribution in [0.1, 0.15) is 31.2 Å². The number of hydrazine groups is 1. The van der Waals surface area contributed by atoms with Gasteiger partial charge in [0.15, 0.2) is 0 Å².